The molecule has 0 spiro atoms. The van der Waals surface area contributed by atoms with Gasteiger partial charge in [0, 0.05) is 70.5 Å². The largest absolute Gasteiger partial charge is 0.474 e. The Labute approximate surface area is 438 Å². The molecule has 15 nitrogen and oxygen atoms in total. The van der Waals surface area contributed by atoms with Crippen molar-refractivity contribution in [3.63, 3.8) is 0 Å². The fourth-order valence-electron chi connectivity index (χ4n) is 10.3. The normalized spacial score (nSPS) is 20.3. The molecule has 3 aliphatic rings. The van der Waals surface area contributed by atoms with Crippen molar-refractivity contribution in [3.8, 4) is 32.4 Å². The molecular formula is C55H60ClN11O4S2. The van der Waals surface area contributed by atoms with Gasteiger partial charge in [-0.25, -0.2) is 9.97 Å². The van der Waals surface area contributed by atoms with E-state index < -0.39 is 23.5 Å². The van der Waals surface area contributed by atoms with Gasteiger partial charge in [0.05, 0.1) is 40.5 Å². The Morgan fingerprint density at radius 1 is 0.918 bits per heavy atom. The highest BCUT2D eigenvalue weighted by Crippen LogP contribution is 2.41. The smallest absolute Gasteiger partial charge is 0.248 e. The van der Waals surface area contributed by atoms with Gasteiger partial charge in [0.1, 0.15) is 35.1 Å². The van der Waals surface area contributed by atoms with Crippen LogP contribution in [0.1, 0.15) is 123 Å². The molecule has 1 saturated heterocycles. The van der Waals surface area contributed by atoms with Gasteiger partial charge in [-0.1, -0.05) is 75.7 Å². The monoisotopic (exact) mass is 1040 g/mol. The van der Waals surface area contributed by atoms with E-state index in [4.69, 9.17) is 26.4 Å². The number of aromatic nitrogens is 7. The quantitative estimate of drug-likeness (QED) is 0.114. The molecule has 2 aliphatic heterocycles. The van der Waals surface area contributed by atoms with Crippen LogP contribution in [-0.4, -0.2) is 87.6 Å². The first-order valence-corrected chi connectivity index (χ1v) is 26.9. The van der Waals surface area contributed by atoms with Gasteiger partial charge in [-0.3, -0.25) is 28.6 Å². The Morgan fingerprint density at radius 2 is 1.66 bits per heavy atom. The summed E-state index contributed by atoms with van der Waals surface area (Å²) in [6.45, 7) is 18.7. The van der Waals surface area contributed by atoms with Crippen LogP contribution in [0, 0.1) is 39.0 Å². The molecule has 3 amide bonds. The molecule has 7 heterocycles. The number of fused-ring (bicyclic) bond motifs is 3. The molecule has 2 fully saturated rings. The Kier molecular flexibility index (Phi) is 13.7. The van der Waals surface area contributed by atoms with Crippen LogP contribution in [-0.2, 0) is 14.4 Å². The number of aliphatic imine (C=N–C) groups is 1. The molecule has 2 N–H and O–H groups in total. The van der Waals surface area contributed by atoms with Crippen LogP contribution >= 0.6 is 34.3 Å². The van der Waals surface area contributed by atoms with Gasteiger partial charge in [-0.2, -0.15) is 5.10 Å². The van der Waals surface area contributed by atoms with Gasteiger partial charge in [-0.05, 0) is 92.8 Å². The predicted octanol–water partition coefficient (Wildman–Crippen LogP) is 10.3. The number of hydrogen-bond donors (Lipinski definition) is 2. The van der Waals surface area contributed by atoms with Crippen LogP contribution in [0.2, 0.25) is 5.02 Å². The number of benzene rings is 2. The molecule has 378 valence electrons. The molecule has 1 unspecified atom stereocenters. The molecule has 5 aromatic heterocycles. The molecule has 7 aromatic rings. The molecule has 0 bridgehead atoms. The van der Waals surface area contributed by atoms with Crippen LogP contribution in [0.3, 0.4) is 0 Å². The standard InChI is InChI=1S/C55H60ClN11O4S2/c1-29-20-44(52(69)60-31(3)35-10-12-37(13-11-35)49-32(4)58-28-72-49)65(26-29)53(70)50(55(7,8)9)66-27-39(25-59-66)38-18-19-57-46(21-38)71-42-22-41(23-42)61-45(68)24-43-51-64-63-34(6)67(51)54-47(30(2)33(5)73-54)48(62-43)36-14-16-40(56)17-15-36/h10-19,21,25,27-29,31,41-44,50H,20,22-24,26H2,1-9H3,(H,60,69)(H,61,68)/t29-,31?,41?,42?,43+,44+,50-/m1/s1. The van der Waals surface area contributed by atoms with E-state index in [0.717, 1.165) is 66.1 Å². The van der Waals surface area contributed by atoms with E-state index in [1.165, 1.54) is 4.88 Å². The zero-order valence-electron chi connectivity index (χ0n) is 42.5. The third-order valence-electron chi connectivity index (χ3n) is 14.3. The van der Waals surface area contributed by atoms with E-state index >= 15 is 0 Å². The van der Waals surface area contributed by atoms with E-state index in [1.807, 2.05) is 106 Å². The average molecular weight is 1040 g/mol. The molecule has 5 atom stereocenters. The second-order valence-electron chi connectivity index (χ2n) is 20.9. The highest BCUT2D eigenvalue weighted by atomic mass is 35.5. The molecule has 1 aliphatic carbocycles. The molecule has 0 radical (unpaired) electrons. The van der Waals surface area contributed by atoms with Gasteiger partial charge >= 0.3 is 0 Å². The lowest BCUT2D eigenvalue weighted by atomic mass is 9.85. The van der Waals surface area contributed by atoms with Crippen LogP contribution in [0.5, 0.6) is 5.88 Å². The Hall–Kier alpha value is -6.56. The van der Waals surface area contributed by atoms with Crippen molar-refractivity contribution in [2.45, 2.75) is 124 Å². The molecule has 1 saturated carbocycles. The Morgan fingerprint density at radius 3 is 2.37 bits per heavy atom. The van der Waals surface area contributed by atoms with Crippen molar-refractivity contribution in [1.82, 2.24) is 50.0 Å². The molecule has 2 aromatic carbocycles. The number of pyridine rings is 1. The van der Waals surface area contributed by atoms with Crippen molar-refractivity contribution in [3.05, 3.63) is 134 Å². The fraction of sp³-hybridized carbons (Fsp3) is 0.400. The van der Waals surface area contributed by atoms with E-state index in [0.29, 0.717) is 42.5 Å². The number of ether oxygens (including phenoxy) is 1. The summed E-state index contributed by atoms with van der Waals surface area (Å²) >= 11 is 9.58. The topological polar surface area (TPSA) is 174 Å². The number of likely N-dealkylation sites (tertiary alicyclic amines) is 1. The third kappa shape index (κ3) is 10.1. The van der Waals surface area contributed by atoms with E-state index in [9.17, 15) is 14.4 Å². The summed E-state index contributed by atoms with van der Waals surface area (Å²) in [5, 5.41) is 21.8. The van der Waals surface area contributed by atoms with Crippen molar-refractivity contribution in [2.75, 3.05) is 6.54 Å². The van der Waals surface area contributed by atoms with E-state index in [1.54, 1.807) is 44.6 Å². The van der Waals surface area contributed by atoms with E-state index in [-0.39, 0.29) is 48.2 Å². The maximum Gasteiger partial charge on any atom is 0.248 e. The van der Waals surface area contributed by atoms with Crippen LogP contribution < -0.4 is 15.4 Å². The Bertz CT molecular complexity index is 3240. The first-order chi connectivity index (χ1) is 34.9. The predicted molar refractivity (Wildman–Crippen MR) is 286 cm³/mol. The van der Waals surface area contributed by atoms with Crippen molar-refractivity contribution >= 4 is 57.7 Å². The van der Waals surface area contributed by atoms with E-state index in [2.05, 4.69) is 63.7 Å². The second-order valence-corrected chi connectivity index (χ2v) is 23.4. The number of amides is 3. The highest BCUT2D eigenvalue weighted by Gasteiger charge is 2.45. The van der Waals surface area contributed by atoms with Crippen molar-refractivity contribution < 1.29 is 19.1 Å². The summed E-state index contributed by atoms with van der Waals surface area (Å²) in [4.78, 5) is 60.8. The minimum atomic E-state index is -0.675. The van der Waals surface area contributed by atoms with Gasteiger partial charge in [0.15, 0.2) is 5.82 Å². The number of hydrogen-bond acceptors (Lipinski definition) is 12. The summed E-state index contributed by atoms with van der Waals surface area (Å²) < 4.78 is 10.1. The maximum absolute atomic E-state index is 14.7. The summed E-state index contributed by atoms with van der Waals surface area (Å²) in [6.07, 6.45) is 7.11. The van der Waals surface area contributed by atoms with Crippen LogP contribution in [0.15, 0.2) is 89.8 Å². The number of aryl methyl sites for hydroxylation is 3. The lowest BCUT2D eigenvalue weighted by Gasteiger charge is -2.35. The third-order valence-corrected chi connectivity index (χ3v) is 16.8. The first kappa shape index (κ1) is 50.0. The number of nitrogens with one attached hydrogen (secondary N) is 2. The summed E-state index contributed by atoms with van der Waals surface area (Å²) in [5.41, 5.74) is 9.89. The zero-order valence-corrected chi connectivity index (χ0v) is 44.9. The van der Waals surface area contributed by atoms with Gasteiger partial charge in [-0.15, -0.1) is 32.9 Å². The average Bonchev–Trinajstić information content (AvgIpc) is 4.19. The van der Waals surface area contributed by atoms with Gasteiger partial charge < -0.3 is 20.3 Å². The molecule has 18 heteroatoms. The van der Waals surface area contributed by atoms with Crippen molar-refractivity contribution in [2.24, 2.45) is 16.3 Å². The lowest BCUT2D eigenvalue weighted by molar-refractivity contribution is -0.144. The highest BCUT2D eigenvalue weighted by molar-refractivity contribution is 7.15. The van der Waals surface area contributed by atoms with Crippen LogP contribution in [0.25, 0.3) is 26.6 Å². The second kappa shape index (κ2) is 20.0. The SMILES string of the molecule is Cc1ncsc1-c1ccc(C(C)NC(=O)[C@@H]2C[C@@H](C)CN2C(=O)[C@@H](n2cc(-c3ccnc(OC4CC(NC(=O)C[C@@H]5N=C(c6ccc(Cl)cc6)c6c(sc(C)c6C)-n6c(C)nnc65)C4)c3)cn2)C(C)(C)C)cc1. The number of halogens is 1. The number of carbonyl (C=O) groups is 3. The Balaban J connectivity index is 0.772. The zero-order chi connectivity index (χ0) is 51.5. The first-order valence-electron chi connectivity index (χ1n) is 24.8. The van der Waals surface area contributed by atoms with Crippen LogP contribution in [0.4, 0.5) is 0 Å². The number of thiophene rings is 1. The number of rotatable bonds is 13. The summed E-state index contributed by atoms with van der Waals surface area (Å²) in [7, 11) is 0. The summed E-state index contributed by atoms with van der Waals surface area (Å²) in [5.74, 6) is 1.54. The number of thiazole rings is 1. The minimum Gasteiger partial charge on any atom is -0.474 e. The van der Waals surface area contributed by atoms with Crippen molar-refractivity contribution in [1.29, 1.82) is 0 Å². The fourth-order valence-corrected chi connectivity index (χ4v) is 12.4. The molecule has 73 heavy (non-hydrogen) atoms. The van der Waals surface area contributed by atoms with Gasteiger partial charge in [0.25, 0.3) is 0 Å². The number of carbonyl (C=O) groups excluding carboxylic acids is 3. The molecule has 10 rings (SSSR count). The molecular weight excluding hydrogens is 978 g/mol. The lowest BCUT2D eigenvalue weighted by Crippen LogP contribution is -2.50. The minimum absolute atomic E-state index is 0.0772. The summed E-state index contributed by atoms with van der Waals surface area (Å²) in [6, 6.07) is 17.5. The van der Waals surface area contributed by atoms with Gasteiger partial charge in [0.2, 0.25) is 23.6 Å². The number of nitrogens with zero attached hydrogens (tertiary/aromatic N) is 9. The maximum atomic E-state index is 14.7.